The molecule has 0 unspecified atom stereocenters. The molecule has 0 aliphatic carbocycles. The second-order valence-corrected chi connectivity index (χ2v) is 15.7. The number of rotatable bonds is 6. The van der Waals surface area contributed by atoms with Crippen molar-refractivity contribution in [3.63, 3.8) is 0 Å². The zero-order chi connectivity index (χ0) is 30.2. The quantitative estimate of drug-likeness (QED) is 0.177. The lowest BCUT2D eigenvalue weighted by Gasteiger charge is -2.31. The predicted octanol–water partition coefficient (Wildman–Crippen LogP) is 8.33. The van der Waals surface area contributed by atoms with E-state index in [-0.39, 0.29) is 0 Å². The Bertz CT molecular complexity index is 1880. The molecule has 0 fully saturated rings. The molecule has 7 rings (SSSR count). The lowest BCUT2D eigenvalue weighted by molar-refractivity contribution is 0.487. The van der Waals surface area contributed by atoms with Crippen LogP contribution in [0.15, 0.2) is 133 Å². The van der Waals surface area contributed by atoms with Gasteiger partial charge in [-0.1, -0.05) is 107 Å². The molecular weight excluding hydrogens is 574 g/mol. The van der Waals surface area contributed by atoms with Gasteiger partial charge in [0.2, 0.25) is 0 Å². The van der Waals surface area contributed by atoms with E-state index < -0.39 is 15.8 Å². The summed E-state index contributed by atoms with van der Waals surface area (Å²) in [5, 5.41) is 7.49. The number of fused-ring (bicyclic) bond motifs is 2. The second kappa shape index (κ2) is 12.0. The SMILES string of the molecule is Cc1ccc(Oc2ccc(C)cc2P2c3cc(C)ccc3Oc3ccc(C)cc32)c(P(c2ccccc2)c2ccccc2)c1. The van der Waals surface area contributed by atoms with Crippen LogP contribution in [0, 0.1) is 27.7 Å². The minimum Gasteiger partial charge on any atom is -0.456 e. The van der Waals surface area contributed by atoms with E-state index in [1.807, 2.05) is 0 Å². The monoisotopic (exact) mass is 608 g/mol. The fourth-order valence-electron chi connectivity index (χ4n) is 5.76. The molecule has 0 spiro atoms. The standard InChI is InChI=1S/C40H34O2P2/c1-27-15-19-33(37(23-27)43(31-11-7-5-8-12-31)32-13-9-6-10-14-32)41-34-20-16-28(2)24-38(34)44-39-25-29(3)17-21-35(39)42-36-22-18-30(4)26-40(36)44/h5-26H,1-4H3. The highest BCUT2D eigenvalue weighted by atomic mass is 31.1. The Morgan fingerprint density at radius 1 is 0.477 bits per heavy atom. The topological polar surface area (TPSA) is 18.5 Å². The Morgan fingerprint density at radius 3 is 1.48 bits per heavy atom. The van der Waals surface area contributed by atoms with Gasteiger partial charge in [0.25, 0.3) is 0 Å². The second-order valence-electron chi connectivity index (χ2n) is 11.4. The molecule has 1 aliphatic rings. The Hall–Kier alpha value is -4.22. The van der Waals surface area contributed by atoms with Gasteiger partial charge in [-0.15, -0.1) is 0 Å². The molecule has 0 atom stereocenters. The van der Waals surface area contributed by atoms with E-state index in [2.05, 4.69) is 161 Å². The maximum Gasteiger partial charge on any atom is 0.135 e. The molecule has 0 radical (unpaired) electrons. The first kappa shape index (κ1) is 28.5. The zero-order valence-electron chi connectivity index (χ0n) is 25.4. The smallest absolute Gasteiger partial charge is 0.135 e. The van der Waals surface area contributed by atoms with Gasteiger partial charge >= 0.3 is 0 Å². The largest absolute Gasteiger partial charge is 0.456 e. The van der Waals surface area contributed by atoms with Crippen LogP contribution in [0.5, 0.6) is 23.0 Å². The highest BCUT2D eigenvalue weighted by Gasteiger charge is 2.32. The van der Waals surface area contributed by atoms with Gasteiger partial charge in [-0.25, -0.2) is 0 Å². The summed E-state index contributed by atoms with van der Waals surface area (Å²) in [6.45, 7) is 8.64. The average molecular weight is 609 g/mol. The third-order valence-electron chi connectivity index (χ3n) is 7.89. The fraction of sp³-hybridized carbons (Fsp3) is 0.100. The molecule has 1 heterocycles. The van der Waals surface area contributed by atoms with E-state index in [9.17, 15) is 0 Å². The van der Waals surface area contributed by atoms with Gasteiger partial charge in [0.15, 0.2) is 0 Å². The molecule has 6 aromatic rings. The van der Waals surface area contributed by atoms with Crippen molar-refractivity contribution in [1.29, 1.82) is 0 Å². The van der Waals surface area contributed by atoms with E-state index >= 15 is 0 Å². The molecule has 4 heteroatoms. The lowest BCUT2D eigenvalue weighted by atomic mass is 10.2. The van der Waals surface area contributed by atoms with Crippen molar-refractivity contribution in [2.24, 2.45) is 0 Å². The van der Waals surface area contributed by atoms with Crippen molar-refractivity contribution in [2.45, 2.75) is 27.7 Å². The van der Waals surface area contributed by atoms with Crippen LogP contribution in [-0.2, 0) is 0 Å². The maximum atomic E-state index is 7.11. The van der Waals surface area contributed by atoms with Crippen LogP contribution >= 0.6 is 15.8 Å². The number of hydrogen-bond donors (Lipinski definition) is 0. The summed E-state index contributed by atoms with van der Waals surface area (Å²) in [6.07, 6.45) is 0. The molecule has 0 amide bonds. The molecule has 6 aromatic carbocycles. The Balaban J connectivity index is 1.41. The van der Waals surface area contributed by atoms with E-state index in [0.717, 1.165) is 23.0 Å². The van der Waals surface area contributed by atoms with Crippen LogP contribution in [0.4, 0.5) is 0 Å². The van der Waals surface area contributed by atoms with Gasteiger partial charge < -0.3 is 9.47 Å². The summed E-state index contributed by atoms with van der Waals surface area (Å²) in [7, 11) is -1.77. The van der Waals surface area contributed by atoms with Gasteiger partial charge in [-0.2, -0.15) is 0 Å². The summed E-state index contributed by atoms with van der Waals surface area (Å²) >= 11 is 0. The zero-order valence-corrected chi connectivity index (χ0v) is 27.2. The van der Waals surface area contributed by atoms with Crippen LogP contribution in [0.3, 0.4) is 0 Å². The normalized spacial score (nSPS) is 12.4. The molecule has 44 heavy (non-hydrogen) atoms. The minimum atomic E-state index is -0.928. The highest BCUT2D eigenvalue weighted by Crippen LogP contribution is 2.48. The number of hydrogen-bond acceptors (Lipinski definition) is 2. The minimum absolute atomic E-state index is 0.842. The highest BCUT2D eigenvalue weighted by molar-refractivity contribution is 7.80. The number of benzene rings is 6. The van der Waals surface area contributed by atoms with Crippen molar-refractivity contribution in [2.75, 3.05) is 0 Å². The van der Waals surface area contributed by atoms with Crippen LogP contribution < -0.4 is 41.3 Å². The lowest BCUT2D eigenvalue weighted by Crippen LogP contribution is -2.28. The van der Waals surface area contributed by atoms with Crippen LogP contribution in [0.25, 0.3) is 0 Å². The summed E-state index contributed by atoms with van der Waals surface area (Å²) in [6, 6.07) is 48.0. The molecule has 0 aromatic heterocycles. The van der Waals surface area contributed by atoms with E-state index in [0.29, 0.717) is 0 Å². The molecule has 216 valence electrons. The van der Waals surface area contributed by atoms with Gasteiger partial charge in [-0.05, 0) is 103 Å². The van der Waals surface area contributed by atoms with Gasteiger partial charge in [-0.3, -0.25) is 0 Å². The Morgan fingerprint density at radius 2 is 0.932 bits per heavy atom. The van der Waals surface area contributed by atoms with Crippen LogP contribution in [-0.4, -0.2) is 0 Å². The van der Waals surface area contributed by atoms with Crippen molar-refractivity contribution in [3.8, 4) is 23.0 Å². The Kier molecular flexibility index (Phi) is 7.82. The van der Waals surface area contributed by atoms with Crippen LogP contribution in [0.1, 0.15) is 22.3 Å². The summed E-state index contributed by atoms with van der Waals surface area (Å²) < 4.78 is 13.6. The van der Waals surface area contributed by atoms with E-state index in [1.54, 1.807) is 0 Å². The predicted molar refractivity (Wildman–Crippen MR) is 189 cm³/mol. The molecular formula is C40H34O2P2. The average Bonchev–Trinajstić information content (AvgIpc) is 3.03. The molecule has 0 saturated heterocycles. The first-order valence-corrected chi connectivity index (χ1v) is 17.6. The number of aryl methyl sites for hydroxylation is 4. The number of ether oxygens (including phenoxy) is 2. The van der Waals surface area contributed by atoms with Crippen molar-refractivity contribution in [3.05, 3.63) is 156 Å². The van der Waals surface area contributed by atoms with Crippen molar-refractivity contribution >= 4 is 47.7 Å². The van der Waals surface area contributed by atoms with Crippen LogP contribution in [0.2, 0.25) is 0 Å². The molecule has 0 saturated carbocycles. The molecule has 0 N–H and O–H groups in total. The third kappa shape index (κ3) is 5.57. The van der Waals surface area contributed by atoms with Gasteiger partial charge in [0.1, 0.15) is 23.0 Å². The third-order valence-corrected chi connectivity index (χ3v) is 12.8. The van der Waals surface area contributed by atoms with Crippen molar-refractivity contribution < 1.29 is 9.47 Å². The summed E-state index contributed by atoms with van der Waals surface area (Å²) in [4.78, 5) is 0. The van der Waals surface area contributed by atoms with Gasteiger partial charge in [0.05, 0.1) is 0 Å². The molecule has 2 nitrogen and oxygen atoms in total. The summed E-state index contributed by atoms with van der Waals surface area (Å²) in [5.41, 5.74) is 4.88. The van der Waals surface area contributed by atoms with Gasteiger partial charge in [0, 0.05) is 21.2 Å². The molecule has 0 bridgehead atoms. The molecule has 1 aliphatic heterocycles. The van der Waals surface area contributed by atoms with Crippen molar-refractivity contribution in [1.82, 2.24) is 0 Å². The van der Waals surface area contributed by atoms with E-state index in [4.69, 9.17) is 9.47 Å². The fourth-order valence-corrected chi connectivity index (χ4v) is 11.0. The summed E-state index contributed by atoms with van der Waals surface area (Å²) in [5.74, 6) is 3.65. The first-order chi connectivity index (χ1) is 21.4. The maximum absolute atomic E-state index is 7.11. The van der Waals surface area contributed by atoms with E-state index in [1.165, 1.54) is 54.1 Å². The Labute approximate surface area is 262 Å². The first-order valence-electron chi connectivity index (χ1n) is 14.9.